The molecule has 130 valence electrons. The molecule has 1 aromatic carbocycles. The van der Waals surface area contributed by atoms with Gasteiger partial charge in [0.25, 0.3) is 0 Å². The van der Waals surface area contributed by atoms with Gasteiger partial charge in [-0.3, -0.25) is 9.69 Å². The molecule has 1 aliphatic rings. The van der Waals surface area contributed by atoms with E-state index in [2.05, 4.69) is 17.1 Å². The zero-order chi connectivity index (χ0) is 16.2. The second-order valence-corrected chi connectivity index (χ2v) is 7.07. The van der Waals surface area contributed by atoms with Gasteiger partial charge in [-0.15, -0.1) is 12.4 Å². The summed E-state index contributed by atoms with van der Waals surface area (Å²) in [4.78, 5) is 14.2. The normalized spacial score (nSPS) is 21.0. The Kier molecular flexibility index (Phi) is 8.11. The minimum absolute atomic E-state index is 0. The van der Waals surface area contributed by atoms with Crippen molar-refractivity contribution in [1.82, 2.24) is 10.2 Å². The number of nitrogens with two attached hydrogens (primary N) is 1. The molecule has 1 aliphatic heterocycles. The lowest BCUT2D eigenvalue weighted by atomic mass is 9.90. The summed E-state index contributed by atoms with van der Waals surface area (Å²) < 4.78 is 0. The molecule has 1 fully saturated rings. The third-order valence-electron chi connectivity index (χ3n) is 4.25. The maximum absolute atomic E-state index is 12.0. The number of hydrogen-bond acceptors (Lipinski definition) is 3. The lowest BCUT2D eigenvalue weighted by Gasteiger charge is -2.22. The zero-order valence-corrected chi connectivity index (χ0v) is 15.6. The Morgan fingerprint density at radius 1 is 1.43 bits per heavy atom. The van der Waals surface area contributed by atoms with Gasteiger partial charge in [-0.05, 0) is 43.0 Å². The highest BCUT2D eigenvalue weighted by atomic mass is 35.5. The van der Waals surface area contributed by atoms with Gasteiger partial charge in [-0.25, -0.2) is 0 Å². The van der Waals surface area contributed by atoms with Gasteiger partial charge in [0.05, 0.1) is 16.6 Å². The summed E-state index contributed by atoms with van der Waals surface area (Å²) in [5.74, 6) is 0.0411. The van der Waals surface area contributed by atoms with Gasteiger partial charge < -0.3 is 11.1 Å². The monoisotopic (exact) mass is 379 g/mol. The molecular formula is C16H24Cl3N3O. The predicted octanol–water partition coefficient (Wildman–Crippen LogP) is 2.74. The van der Waals surface area contributed by atoms with Crippen molar-refractivity contribution in [2.24, 2.45) is 11.1 Å². The van der Waals surface area contributed by atoms with Crippen LogP contribution in [-0.2, 0) is 11.2 Å². The van der Waals surface area contributed by atoms with Crippen LogP contribution in [0.4, 0.5) is 0 Å². The Hall–Kier alpha value is -0.520. The molecule has 7 heteroatoms. The first-order valence-electron chi connectivity index (χ1n) is 7.55. The van der Waals surface area contributed by atoms with Gasteiger partial charge in [-0.2, -0.15) is 0 Å². The van der Waals surface area contributed by atoms with Crippen LogP contribution >= 0.6 is 35.6 Å². The maximum Gasteiger partial charge on any atom is 0.234 e. The summed E-state index contributed by atoms with van der Waals surface area (Å²) in [5, 5.41) is 4.05. The molecule has 0 aromatic heterocycles. The van der Waals surface area contributed by atoms with E-state index in [1.165, 1.54) is 0 Å². The number of carbonyl (C=O) groups is 1. The number of rotatable bonds is 6. The highest BCUT2D eigenvalue weighted by Crippen LogP contribution is 2.28. The summed E-state index contributed by atoms with van der Waals surface area (Å²) in [6.07, 6.45) is 1.72. The Balaban J connectivity index is 0.00000264. The van der Waals surface area contributed by atoms with E-state index in [1.54, 1.807) is 6.07 Å². The fraction of sp³-hybridized carbons (Fsp3) is 0.562. The van der Waals surface area contributed by atoms with E-state index in [0.29, 0.717) is 36.1 Å². The average molecular weight is 381 g/mol. The topological polar surface area (TPSA) is 58.4 Å². The Morgan fingerprint density at radius 3 is 2.83 bits per heavy atom. The number of nitrogens with zero attached hydrogens (tertiary/aromatic N) is 1. The van der Waals surface area contributed by atoms with Crippen LogP contribution in [0.15, 0.2) is 18.2 Å². The highest BCUT2D eigenvalue weighted by molar-refractivity contribution is 6.42. The quantitative estimate of drug-likeness (QED) is 0.798. The first-order valence-corrected chi connectivity index (χ1v) is 8.31. The molecule has 1 saturated heterocycles. The van der Waals surface area contributed by atoms with Crippen LogP contribution in [0.25, 0.3) is 0 Å². The van der Waals surface area contributed by atoms with E-state index in [4.69, 9.17) is 28.9 Å². The van der Waals surface area contributed by atoms with Crippen LogP contribution in [0.3, 0.4) is 0 Å². The molecule has 0 spiro atoms. The van der Waals surface area contributed by atoms with Gasteiger partial charge in [0.1, 0.15) is 0 Å². The van der Waals surface area contributed by atoms with E-state index in [0.717, 1.165) is 25.1 Å². The first-order chi connectivity index (χ1) is 10.4. The number of nitrogens with one attached hydrogen (secondary N) is 1. The molecule has 4 nitrogen and oxygen atoms in total. The minimum atomic E-state index is 0. The van der Waals surface area contributed by atoms with Crippen molar-refractivity contribution in [2.45, 2.75) is 19.8 Å². The van der Waals surface area contributed by atoms with Crippen molar-refractivity contribution >= 4 is 41.5 Å². The number of likely N-dealkylation sites (tertiary alicyclic amines) is 1. The van der Waals surface area contributed by atoms with Crippen LogP contribution in [0.5, 0.6) is 0 Å². The number of carbonyl (C=O) groups excluding carboxylic acids is 1. The van der Waals surface area contributed by atoms with Gasteiger partial charge >= 0.3 is 0 Å². The number of hydrogen-bond donors (Lipinski definition) is 2. The van der Waals surface area contributed by atoms with E-state index in [9.17, 15) is 4.79 Å². The fourth-order valence-electron chi connectivity index (χ4n) is 2.76. The fourth-order valence-corrected chi connectivity index (χ4v) is 3.18. The van der Waals surface area contributed by atoms with Crippen molar-refractivity contribution in [3.05, 3.63) is 33.8 Å². The second-order valence-electron chi connectivity index (χ2n) is 6.29. The first kappa shape index (κ1) is 20.5. The lowest BCUT2D eigenvalue weighted by molar-refractivity contribution is -0.122. The Bertz CT molecular complexity index is 541. The van der Waals surface area contributed by atoms with Crippen LogP contribution in [0.1, 0.15) is 18.9 Å². The molecule has 1 unspecified atom stereocenters. The van der Waals surface area contributed by atoms with E-state index in [1.807, 2.05) is 12.1 Å². The van der Waals surface area contributed by atoms with Crippen molar-refractivity contribution in [1.29, 1.82) is 0 Å². The molecule has 0 bridgehead atoms. The summed E-state index contributed by atoms with van der Waals surface area (Å²) in [6, 6.07) is 5.55. The van der Waals surface area contributed by atoms with Crippen LogP contribution < -0.4 is 11.1 Å². The molecule has 1 aromatic rings. The second kappa shape index (κ2) is 9.09. The molecule has 1 amide bonds. The van der Waals surface area contributed by atoms with Crippen molar-refractivity contribution in [3.63, 3.8) is 0 Å². The summed E-state index contributed by atoms with van der Waals surface area (Å²) >= 11 is 12.1. The lowest BCUT2D eigenvalue weighted by Crippen LogP contribution is -2.38. The molecular weight excluding hydrogens is 357 g/mol. The molecule has 0 aliphatic carbocycles. The van der Waals surface area contributed by atoms with Crippen molar-refractivity contribution < 1.29 is 4.79 Å². The van der Waals surface area contributed by atoms with Gasteiger partial charge in [-0.1, -0.05) is 42.3 Å². The Morgan fingerprint density at radius 2 is 2.17 bits per heavy atom. The maximum atomic E-state index is 12.0. The molecule has 0 saturated carbocycles. The van der Waals surface area contributed by atoms with E-state index >= 15 is 0 Å². The summed E-state index contributed by atoms with van der Waals surface area (Å²) in [7, 11) is 0. The van der Waals surface area contributed by atoms with Crippen molar-refractivity contribution in [3.8, 4) is 0 Å². The standard InChI is InChI=1S/C16H23Cl2N3O.ClH/c1-16(10-19)6-8-21(11-16)9-14(22)20-7-5-12-3-2-4-13(17)15(12)18;/h2-4H,5-11,19H2,1H3,(H,20,22);1H. The summed E-state index contributed by atoms with van der Waals surface area (Å²) in [6.45, 7) is 5.64. The van der Waals surface area contributed by atoms with Gasteiger partial charge in [0.15, 0.2) is 0 Å². The minimum Gasteiger partial charge on any atom is -0.355 e. The number of halogens is 3. The molecule has 1 heterocycles. The molecule has 23 heavy (non-hydrogen) atoms. The predicted molar refractivity (Wildman–Crippen MR) is 98.6 cm³/mol. The van der Waals surface area contributed by atoms with Crippen LogP contribution in [0.2, 0.25) is 10.0 Å². The molecule has 2 rings (SSSR count). The van der Waals surface area contributed by atoms with Crippen molar-refractivity contribution in [2.75, 3.05) is 32.7 Å². The number of amides is 1. The molecule has 1 atom stereocenters. The Labute approximate surface area is 154 Å². The van der Waals surface area contributed by atoms with Gasteiger partial charge in [0.2, 0.25) is 5.91 Å². The van der Waals surface area contributed by atoms with E-state index in [-0.39, 0.29) is 23.7 Å². The highest BCUT2D eigenvalue weighted by Gasteiger charge is 2.32. The molecule has 0 radical (unpaired) electrons. The summed E-state index contributed by atoms with van der Waals surface area (Å²) in [5.41, 5.74) is 6.88. The average Bonchev–Trinajstić information content (AvgIpc) is 2.85. The number of benzene rings is 1. The third-order valence-corrected chi connectivity index (χ3v) is 5.10. The molecule has 3 N–H and O–H groups in total. The van der Waals surface area contributed by atoms with Gasteiger partial charge in [0, 0.05) is 13.1 Å². The SMILES string of the molecule is CC1(CN)CCN(CC(=O)NCCc2cccc(Cl)c2Cl)C1.Cl. The largest absolute Gasteiger partial charge is 0.355 e. The van der Waals surface area contributed by atoms with E-state index < -0.39 is 0 Å². The zero-order valence-electron chi connectivity index (χ0n) is 13.3. The third kappa shape index (κ3) is 5.80. The smallest absolute Gasteiger partial charge is 0.234 e. The van der Waals surface area contributed by atoms with Crippen LogP contribution in [0, 0.1) is 5.41 Å². The van der Waals surface area contributed by atoms with Crippen LogP contribution in [-0.4, -0.2) is 43.5 Å².